The smallest absolute Gasteiger partial charge is 0.0537 e. The molecule has 1 nitrogen and oxygen atoms in total. The van der Waals surface area contributed by atoms with Crippen molar-refractivity contribution < 1.29 is 0 Å². The van der Waals surface area contributed by atoms with E-state index in [0.29, 0.717) is 0 Å². The number of aromatic nitrogens is 1. The van der Waals surface area contributed by atoms with Gasteiger partial charge in [-0.2, -0.15) is 0 Å². The molecule has 1 heterocycles. The maximum atomic E-state index is 3.86. The molecule has 0 spiro atoms. The van der Waals surface area contributed by atoms with Crippen LogP contribution < -0.4 is 0 Å². The molecule has 0 radical (unpaired) electrons. The standard InChI is InChI=1S/C32H25N/c1-3-4-14-31-22(2)29-20-24(17-18-32(29)33(31)27-11-6-5-7-12-27)23-15-16-26-19-25-10-8-9-13-28(25)30(26)21-23/h3-18,20-21H,1,19H2,2H3/b14-4-. The Balaban J connectivity index is 1.53. The molecule has 0 bridgehead atoms. The Hall–Kier alpha value is -4.10. The van der Waals surface area contributed by atoms with E-state index in [4.69, 9.17) is 0 Å². The van der Waals surface area contributed by atoms with Gasteiger partial charge in [-0.25, -0.2) is 0 Å². The Kier molecular flexibility index (Phi) is 4.62. The zero-order chi connectivity index (χ0) is 22.4. The fraction of sp³-hybridized carbons (Fsp3) is 0.0625. The van der Waals surface area contributed by atoms with E-state index in [-0.39, 0.29) is 0 Å². The first-order chi connectivity index (χ1) is 16.2. The highest BCUT2D eigenvalue weighted by molar-refractivity contribution is 5.94. The van der Waals surface area contributed by atoms with Gasteiger partial charge in [-0.05, 0) is 88.7 Å². The van der Waals surface area contributed by atoms with Gasteiger partial charge in [0.15, 0.2) is 0 Å². The summed E-state index contributed by atoms with van der Waals surface area (Å²) < 4.78 is 2.34. The highest BCUT2D eigenvalue weighted by Crippen LogP contribution is 2.40. The van der Waals surface area contributed by atoms with E-state index in [2.05, 4.69) is 115 Å². The molecule has 1 aliphatic rings. The zero-order valence-electron chi connectivity index (χ0n) is 18.8. The molecule has 1 heteroatoms. The lowest BCUT2D eigenvalue weighted by Gasteiger charge is -2.10. The number of benzene rings is 4. The summed E-state index contributed by atoms with van der Waals surface area (Å²) in [6.45, 7) is 6.08. The summed E-state index contributed by atoms with van der Waals surface area (Å²) in [7, 11) is 0. The SMILES string of the molecule is C=C/C=C\c1c(C)c2cc(-c3ccc4c(c3)-c3ccccc3C4)ccc2n1-c1ccccc1. The van der Waals surface area contributed by atoms with Gasteiger partial charge in [-0.3, -0.25) is 0 Å². The lowest BCUT2D eigenvalue weighted by molar-refractivity contribution is 1.10. The molecule has 4 aromatic carbocycles. The summed E-state index contributed by atoms with van der Waals surface area (Å²) in [5, 5.41) is 1.28. The van der Waals surface area contributed by atoms with E-state index in [9.17, 15) is 0 Å². The largest absolute Gasteiger partial charge is 0.310 e. The quantitative estimate of drug-likeness (QED) is 0.251. The first-order valence-electron chi connectivity index (χ1n) is 11.5. The van der Waals surface area contributed by atoms with E-state index in [1.54, 1.807) is 0 Å². The fourth-order valence-corrected chi connectivity index (χ4v) is 5.16. The van der Waals surface area contributed by atoms with Crippen LogP contribution in [0.4, 0.5) is 0 Å². The normalized spacial score (nSPS) is 12.3. The van der Waals surface area contributed by atoms with Crippen LogP contribution in [-0.4, -0.2) is 4.57 Å². The molecule has 158 valence electrons. The van der Waals surface area contributed by atoms with E-state index in [1.807, 2.05) is 12.2 Å². The van der Waals surface area contributed by atoms with Gasteiger partial charge in [0.2, 0.25) is 0 Å². The van der Waals surface area contributed by atoms with Crippen molar-refractivity contribution >= 4 is 17.0 Å². The Labute approximate surface area is 195 Å². The number of para-hydroxylation sites is 1. The second-order valence-electron chi connectivity index (χ2n) is 8.71. The minimum atomic E-state index is 1.03. The number of nitrogens with zero attached hydrogens (tertiary/aromatic N) is 1. The third-order valence-electron chi connectivity index (χ3n) is 6.80. The Morgan fingerprint density at radius 1 is 0.758 bits per heavy atom. The number of aryl methyl sites for hydroxylation is 1. The Morgan fingerprint density at radius 2 is 1.48 bits per heavy atom. The fourth-order valence-electron chi connectivity index (χ4n) is 5.16. The highest BCUT2D eigenvalue weighted by Gasteiger charge is 2.19. The molecule has 0 atom stereocenters. The number of rotatable bonds is 4. The van der Waals surface area contributed by atoms with E-state index in [0.717, 1.165) is 6.42 Å². The van der Waals surface area contributed by atoms with Gasteiger partial charge in [0, 0.05) is 16.8 Å². The number of fused-ring (bicyclic) bond motifs is 4. The molecular weight excluding hydrogens is 398 g/mol. The molecule has 1 aliphatic carbocycles. The average molecular weight is 424 g/mol. The van der Waals surface area contributed by atoms with Gasteiger partial charge in [0.1, 0.15) is 0 Å². The van der Waals surface area contributed by atoms with Crippen molar-refractivity contribution in [2.75, 3.05) is 0 Å². The lowest BCUT2D eigenvalue weighted by atomic mass is 9.97. The number of hydrogen-bond donors (Lipinski definition) is 0. The van der Waals surface area contributed by atoms with E-state index >= 15 is 0 Å². The second-order valence-corrected chi connectivity index (χ2v) is 8.71. The maximum Gasteiger partial charge on any atom is 0.0537 e. The van der Waals surface area contributed by atoms with E-state index < -0.39 is 0 Å². The molecule has 33 heavy (non-hydrogen) atoms. The molecule has 1 aromatic heterocycles. The minimum absolute atomic E-state index is 1.03. The molecule has 0 unspecified atom stereocenters. The summed E-state index contributed by atoms with van der Waals surface area (Å²) in [5.41, 5.74) is 13.0. The predicted octanol–water partition coefficient (Wildman–Crippen LogP) is 8.38. The van der Waals surface area contributed by atoms with Crippen LogP contribution in [0.3, 0.4) is 0 Å². The first kappa shape index (κ1) is 19.6. The number of allylic oxidation sites excluding steroid dienone is 2. The molecule has 6 rings (SSSR count). The van der Waals surface area contributed by atoms with Crippen molar-refractivity contribution in [3.05, 3.63) is 132 Å². The topological polar surface area (TPSA) is 4.93 Å². The lowest BCUT2D eigenvalue weighted by Crippen LogP contribution is -1.96. The molecule has 0 saturated carbocycles. The number of hydrogen-bond acceptors (Lipinski definition) is 0. The van der Waals surface area contributed by atoms with Crippen LogP contribution in [0.2, 0.25) is 0 Å². The molecule has 0 amide bonds. The first-order valence-corrected chi connectivity index (χ1v) is 11.5. The third kappa shape index (κ3) is 3.16. The monoisotopic (exact) mass is 423 g/mol. The van der Waals surface area contributed by atoms with Crippen molar-refractivity contribution in [2.24, 2.45) is 0 Å². The van der Waals surface area contributed by atoms with Crippen LogP contribution in [0, 0.1) is 6.92 Å². The van der Waals surface area contributed by atoms with Gasteiger partial charge >= 0.3 is 0 Å². The molecule has 0 aliphatic heterocycles. The summed E-state index contributed by atoms with van der Waals surface area (Å²) in [6.07, 6.45) is 7.03. The Bertz CT molecular complexity index is 1550. The summed E-state index contributed by atoms with van der Waals surface area (Å²) in [5.74, 6) is 0. The van der Waals surface area contributed by atoms with Gasteiger partial charge < -0.3 is 4.57 Å². The van der Waals surface area contributed by atoms with Crippen LogP contribution >= 0.6 is 0 Å². The van der Waals surface area contributed by atoms with Crippen molar-refractivity contribution in [1.29, 1.82) is 0 Å². The van der Waals surface area contributed by atoms with Gasteiger partial charge in [-0.1, -0.05) is 79.4 Å². The Morgan fingerprint density at radius 3 is 2.33 bits per heavy atom. The summed E-state index contributed by atoms with van der Waals surface area (Å²) in [4.78, 5) is 0. The van der Waals surface area contributed by atoms with Crippen LogP contribution in [0.15, 0.2) is 110 Å². The molecule has 0 fully saturated rings. The minimum Gasteiger partial charge on any atom is -0.310 e. The van der Waals surface area contributed by atoms with Gasteiger partial charge in [-0.15, -0.1) is 0 Å². The molecule has 5 aromatic rings. The van der Waals surface area contributed by atoms with Crippen molar-refractivity contribution in [3.8, 4) is 27.9 Å². The summed E-state index contributed by atoms with van der Waals surface area (Å²) >= 11 is 0. The zero-order valence-corrected chi connectivity index (χ0v) is 18.8. The van der Waals surface area contributed by atoms with Gasteiger partial charge in [0.05, 0.1) is 5.52 Å². The van der Waals surface area contributed by atoms with E-state index in [1.165, 1.54) is 61.2 Å². The average Bonchev–Trinajstić information content (AvgIpc) is 3.37. The van der Waals surface area contributed by atoms with Crippen molar-refractivity contribution in [3.63, 3.8) is 0 Å². The van der Waals surface area contributed by atoms with Crippen molar-refractivity contribution in [2.45, 2.75) is 13.3 Å². The van der Waals surface area contributed by atoms with Crippen LogP contribution in [0.25, 0.3) is 44.9 Å². The van der Waals surface area contributed by atoms with Gasteiger partial charge in [0.25, 0.3) is 0 Å². The summed E-state index contributed by atoms with van der Waals surface area (Å²) in [6, 6.07) is 33.1. The predicted molar refractivity (Wildman–Crippen MR) is 141 cm³/mol. The van der Waals surface area contributed by atoms with Crippen LogP contribution in [0.5, 0.6) is 0 Å². The molecular formula is C32H25N. The molecule has 0 N–H and O–H groups in total. The third-order valence-corrected chi connectivity index (χ3v) is 6.80. The van der Waals surface area contributed by atoms with Crippen LogP contribution in [-0.2, 0) is 6.42 Å². The molecule has 0 saturated heterocycles. The highest BCUT2D eigenvalue weighted by atomic mass is 15.0. The second kappa shape index (κ2) is 7.79. The van der Waals surface area contributed by atoms with Crippen LogP contribution in [0.1, 0.15) is 22.4 Å². The van der Waals surface area contributed by atoms with Crippen molar-refractivity contribution in [1.82, 2.24) is 4.57 Å². The maximum absolute atomic E-state index is 3.86.